The summed E-state index contributed by atoms with van der Waals surface area (Å²) in [6, 6.07) is 3.19. The molecule has 0 aliphatic carbocycles. The molecule has 0 aliphatic heterocycles. The number of nitrogens with zero attached hydrogens (tertiary/aromatic N) is 1. The molecule has 3 nitrogen and oxygen atoms in total. The lowest BCUT2D eigenvalue weighted by atomic mass is 10.3. The summed E-state index contributed by atoms with van der Waals surface area (Å²) in [5, 5.41) is 3.26. The number of hydrogen-bond acceptors (Lipinski definition) is 3. The van der Waals surface area contributed by atoms with Crippen molar-refractivity contribution in [3.8, 4) is 0 Å². The molecule has 0 aliphatic rings. The van der Waals surface area contributed by atoms with Crippen LogP contribution in [0.5, 0.6) is 0 Å². The molecule has 6 heteroatoms. The van der Waals surface area contributed by atoms with E-state index in [1.165, 1.54) is 17.4 Å². The van der Waals surface area contributed by atoms with E-state index in [4.69, 9.17) is 0 Å². The third-order valence-electron chi connectivity index (χ3n) is 2.30. The predicted octanol–water partition coefficient (Wildman–Crippen LogP) is 3.29. The van der Waals surface area contributed by atoms with Gasteiger partial charge >= 0.3 is 0 Å². The molecule has 1 heterocycles. The van der Waals surface area contributed by atoms with Gasteiger partial charge in [0.2, 0.25) is 0 Å². The molecule has 2 aromatic rings. The maximum atomic E-state index is 13.0. The zero-order valence-electron chi connectivity index (χ0n) is 9.75. The average molecular weight is 268 g/mol. The van der Waals surface area contributed by atoms with Crippen LogP contribution in [-0.2, 0) is 0 Å². The van der Waals surface area contributed by atoms with Gasteiger partial charge in [-0.2, -0.15) is 0 Å². The maximum Gasteiger partial charge on any atom is 0.275 e. The van der Waals surface area contributed by atoms with Crippen molar-refractivity contribution in [2.24, 2.45) is 0 Å². The number of hydrogen-bond donors (Lipinski definition) is 1. The normalized spacial score (nSPS) is 10.4. The highest BCUT2D eigenvalue weighted by molar-refractivity contribution is 7.11. The van der Waals surface area contributed by atoms with Crippen LogP contribution in [0.25, 0.3) is 0 Å². The Labute approximate surface area is 106 Å². The fourth-order valence-corrected chi connectivity index (χ4v) is 2.32. The summed E-state index contributed by atoms with van der Waals surface area (Å²) >= 11 is 1.41. The fourth-order valence-electron chi connectivity index (χ4n) is 1.50. The molecule has 2 rings (SSSR count). The summed E-state index contributed by atoms with van der Waals surface area (Å²) in [7, 11) is 0. The number of thiazole rings is 1. The van der Waals surface area contributed by atoms with Crippen LogP contribution < -0.4 is 5.32 Å². The minimum Gasteiger partial charge on any atom is -0.321 e. The summed E-state index contributed by atoms with van der Waals surface area (Å²) in [4.78, 5) is 16.7. The van der Waals surface area contributed by atoms with Crippen molar-refractivity contribution in [3.63, 3.8) is 0 Å². The molecule has 0 saturated carbocycles. The number of halogens is 2. The Morgan fingerprint density at radius 1 is 1.28 bits per heavy atom. The van der Waals surface area contributed by atoms with Crippen LogP contribution in [0.4, 0.5) is 14.5 Å². The number of anilines is 1. The third kappa shape index (κ3) is 2.53. The second-order valence-corrected chi connectivity index (χ2v) is 5.13. The van der Waals surface area contributed by atoms with E-state index in [9.17, 15) is 13.6 Å². The fraction of sp³-hybridized carbons (Fsp3) is 0.167. The molecule has 0 atom stereocenters. The van der Waals surface area contributed by atoms with Crippen molar-refractivity contribution in [2.75, 3.05) is 5.32 Å². The lowest BCUT2D eigenvalue weighted by Gasteiger charge is -2.04. The average Bonchev–Trinajstić information content (AvgIpc) is 2.63. The van der Waals surface area contributed by atoms with Crippen LogP contribution >= 0.6 is 11.3 Å². The van der Waals surface area contributed by atoms with Gasteiger partial charge in [0, 0.05) is 16.6 Å². The Balaban J connectivity index is 2.21. The van der Waals surface area contributed by atoms with Crippen molar-refractivity contribution in [2.45, 2.75) is 13.8 Å². The minimum atomic E-state index is -1.00. The highest BCUT2D eigenvalue weighted by Gasteiger charge is 2.14. The van der Waals surface area contributed by atoms with Crippen LogP contribution in [0, 0.1) is 25.5 Å². The minimum absolute atomic E-state index is 0.198. The number of nitrogens with one attached hydrogen (secondary N) is 1. The number of rotatable bonds is 2. The van der Waals surface area contributed by atoms with E-state index in [0.29, 0.717) is 5.69 Å². The lowest BCUT2D eigenvalue weighted by molar-refractivity contribution is 0.102. The first-order valence-electron chi connectivity index (χ1n) is 5.18. The molecule has 18 heavy (non-hydrogen) atoms. The summed E-state index contributed by atoms with van der Waals surface area (Å²) in [6.07, 6.45) is 0. The molecule has 0 radical (unpaired) electrons. The van der Waals surface area contributed by atoms with Gasteiger partial charge < -0.3 is 5.32 Å². The standard InChI is InChI=1S/C12H10F2N2OS/c1-6-11(15-7(2)18-6)12(17)16-8-3-4-9(13)10(14)5-8/h3-5H,1-2H3,(H,16,17). The Morgan fingerprint density at radius 3 is 2.56 bits per heavy atom. The van der Waals surface area contributed by atoms with Gasteiger partial charge in [0.25, 0.3) is 5.91 Å². The molecular weight excluding hydrogens is 258 g/mol. The summed E-state index contributed by atoms with van der Waals surface area (Å²) < 4.78 is 25.7. The van der Waals surface area contributed by atoms with Crippen LogP contribution in [0.15, 0.2) is 18.2 Å². The molecule has 94 valence electrons. The van der Waals surface area contributed by atoms with E-state index in [1.807, 2.05) is 0 Å². The largest absolute Gasteiger partial charge is 0.321 e. The zero-order chi connectivity index (χ0) is 13.3. The second-order valence-electron chi connectivity index (χ2n) is 3.72. The first-order valence-corrected chi connectivity index (χ1v) is 5.99. The SMILES string of the molecule is Cc1nc(C(=O)Nc2ccc(F)c(F)c2)c(C)s1. The molecule has 1 aromatic carbocycles. The molecule has 1 aromatic heterocycles. The molecule has 1 amide bonds. The highest BCUT2D eigenvalue weighted by Crippen LogP contribution is 2.19. The predicted molar refractivity (Wildman–Crippen MR) is 65.9 cm³/mol. The Hall–Kier alpha value is -1.82. The van der Waals surface area contributed by atoms with Gasteiger partial charge in [-0.3, -0.25) is 4.79 Å². The second kappa shape index (κ2) is 4.81. The van der Waals surface area contributed by atoms with E-state index in [-0.39, 0.29) is 5.69 Å². The smallest absolute Gasteiger partial charge is 0.275 e. The van der Waals surface area contributed by atoms with Gasteiger partial charge in [-0.1, -0.05) is 0 Å². The van der Waals surface area contributed by atoms with Crippen LogP contribution in [0.3, 0.4) is 0 Å². The number of carbonyl (C=O) groups excluding carboxylic acids is 1. The molecule has 0 saturated heterocycles. The van der Waals surface area contributed by atoms with Crippen LogP contribution in [0.1, 0.15) is 20.4 Å². The zero-order valence-corrected chi connectivity index (χ0v) is 10.6. The van der Waals surface area contributed by atoms with Gasteiger partial charge in [-0.15, -0.1) is 11.3 Å². The summed E-state index contributed by atoms with van der Waals surface area (Å²) in [6.45, 7) is 3.58. The molecular formula is C12H10F2N2OS. The topological polar surface area (TPSA) is 42.0 Å². The van der Waals surface area contributed by atoms with Gasteiger partial charge in [0.05, 0.1) is 5.01 Å². The molecule has 1 N–H and O–H groups in total. The van der Waals surface area contributed by atoms with Crippen LogP contribution in [0.2, 0.25) is 0 Å². The summed E-state index contributed by atoms with van der Waals surface area (Å²) in [5.74, 6) is -2.38. The Bertz CT molecular complexity index is 610. The van der Waals surface area contributed by atoms with E-state index in [2.05, 4.69) is 10.3 Å². The first-order chi connectivity index (χ1) is 8.47. The highest BCUT2D eigenvalue weighted by atomic mass is 32.1. The van der Waals surface area contributed by atoms with Gasteiger partial charge in [0.15, 0.2) is 11.6 Å². The maximum absolute atomic E-state index is 13.0. The number of aromatic nitrogens is 1. The van der Waals surface area contributed by atoms with E-state index in [1.54, 1.807) is 13.8 Å². The van der Waals surface area contributed by atoms with Crippen molar-refractivity contribution >= 4 is 22.9 Å². The summed E-state index contributed by atoms with van der Waals surface area (Å²) in [5.41, 5.74) is 0.506. The van der Waals surface area contributed by atoms with Crippen LogP contribution in [-0.4, -0.2) is 10.9 Å². The molecule has 0 spiro atoms. The lowest BCUT2D eigenvalue weighted by Crippen LogP contribution is -2.13. The van der Waals surface area contributed by atoms with E-state index in [0.717, 1.165) is 22.0 Å². The molecule has 0 unspecified atom stereocenters. The monoisotopic (exact) mass is 268 g/mol. The number of aryl methyl sites for hydroxylation is 2. The number of amides is 1. The van der Waals surface area contributed by atoms with Gasteiger partial charge in [0.1, 0.15) is 5.69 Å². The Morgan fingerprint density at radius 2 is 2.00 bits per heavy atom. The number of carbonyl (C=O) groups is 1. The van der Waals surface area contributed by atoms with E-state index < -0.39 is 17.5 Å². The van der Waals surface area contributed by atoms with Gasteiger partial charge in [-0.05, 0) is 26.0 Å². The van der Waals surface area contributed by atoms with Crippen molar-refractivity contribution in [3.05, 3.63) is 45.4 Å². The molecule has 0 fully saturated rings. The Kier molecular flexibility index (Phi) is 3.38. The van der Waals surface area contributed by atoms with E-state index >= 15 is 0 Å². The molecule has 0 bridgehead atoms. The van der Waals surface area contributed by atoms with Crippen molar-refractivity contribution in [1.29, 1.82) is 0 Å². The van der Waals surface area contributed by atoms with Crippen molar-refractivity contribution in [1.82, 2.24) is 4.98 Å². The third-order valence-corrected chi connectivity index (χ3v) is 3.18. The number of benzene rings is 1. The van der Waals surface area contributed by atoms with Gasteiger partial charge in [-0.25, -0.2) is 13.8 Å². The quantitative estimate of drug-likeness (QED) is 0.908. The van der Waals surface area contributed by atoms with Crippen molar-refractivity contribution < 1.29 is 13.6 Å². The first kappa shape index (κ1) is 12.6.